The number of carbonyl (C=O) groups is 2. The summed E-state index contributed by atoms with van der Waals surface area (Å²) in [7, 11) is 0. The van der Waals surface area contributed by atoms with Gasteiger partial charge in [0.25, 0.3) is 0 Å². The van der Waals surface area contributed by atoms with Crippen LogP contribution in [0.15, 0.2) is 85.5 Å². The molecule has 3 fully saturated rings. The van der Waals surface area contributed by atoms with E-state index in [-0.39, 0.29) is 19.4 Å². The number of aromatic amines is 1. The van der Waals surface area contributed by atoms with Crippen LogP contribution in [0.1, 0.15) is 129 Å². The first-order chi connectivity index (χ1) is 27.4. The first-order valence-electron chi connectivity index (χ1n) is 20.5. The van der Waals surface area contributed by atoms with Crippen molar-refractivity contribution in [2.45, 2.75) is 104 Å². The van der Waals surface area contributed by atoms with Crippen LogP contribution in [0.25, 0.3) is 21.8 Å². The third-order valence-electron chi connectivity index (χ3n) is 10.8. The highest BCUT2D eigenvalue weighted by Gasteiger charge is 2.28. The Morgan fingerprint density at radius 1 is 0.719 bits per heavy atom. The quantitative estimate of drug-likeness (QED) is 0.0657. The summed E-state index contributed by atoms with van der Waals surface area (Å²) in [5.41, 5.74) is 7.46. The molecule has 0 unspecified atom stereocenters. The van der Waals surface area contributed by atoms with E-state index in [0.29, 0.717) is 47.8 Å². The van der Waals surface area contributed by atoms with Crippen molar-refractivity contribution in [3.05, 3.63) is 108 Å². The molecule has 6 aromatic rings. The highest BCUT2D eigenvalue weighted by atomic mass is 16.5. The van der Waals surface area contributed by atoms with Gasteiger partial charge in [0.05, 0.1) is 13.2 Å². The SMILES string of the molecule is C.CCCCOC(=O)c1cc(C2CC2)cnc1Nc1ccc2[nH]ccc2c1.CCCCOC(=O)c1cc(C2CC2)cnc1Nc1ccc2c(ccn2CC2CC2)c1. The Morgan fingerprint density at radius 2 is 1.28 bits per heavy atom. The fourth-order valence-corrected chi connectivity index (χ4v) is 6.95. The number of unbranched alkanes of at least 4 members (excludes halogenated alkanes) is 2. The number of hydrogen-bond acceptors (Lipinski definition) is 8. The second-order valence-corrected chi connectivity index (χ2v) is 15.6. The Bertz CT molecular complexity index is 2320. The van der Waals surface area contributed by atoms with Gasteiger partial charge in [0.1, 0.15) is 22.8 Å². The molecule has 0 saturated heterocycles. The average Bonchev–Trinajstić information content (AvgIpc) is 4.12. The largest absolute Gasteiger partial charge is 0.462 e. The number of rotatable bonds is 16. The van der Waals surface area contributed by atoms with Gasteiger partial charge in [-0.3, -0.25) is 0 Å². The van der Waals surface area contributed by atoms with Crippen LogP contribution < -0.4 is 10.6 Å². The lowest BCUT2D eigenvalue weighted by molar-refractivity contribution is 0.0491. The van der Waals surface area contributed by atoms with Gasteiger partial charge in [0, 0.05) is 64.5 Å². The van der Waals surface area contributed by atoms with Crippen molar-refractivity contribution in [2.75, 3.05) is 23.8 Å². The van der Waals surface area contributed by atoms with Gasteiger partial charge in [-0.05, 0) is 141 Å². The molecule has 4 heterocycles. The monoisotopic (exact) mass is 768 g/mol. The van der Waals surface area contributed by atoms with Crippen molar-refractivity contribution in [1.29, 1.82) is 0 Å². The predicted octanol–water partition coefficient (Wildman–Crippen LogP) is 11.8. The van der Waals surface area contributed by atoms with Gasteiger partial charge in [-0.15, -0.1) is 0 Å². The number of fused-ring (bicyclic) bond motifs is 2. The number of carbonyl (C=O) groups excluding carboxylic acids is 2. The summed E-state index contributed by atoms with van der Waals surface area (Å²) in [5, 5.41) is 8.95. The Balaban J connectivity index is 0.000000173. The molecule has 298 valence electrons. The summed E-state index contributed by atoms with van der Waals surface area (Å²) in [4.78, 5) is 37.6. The number of benzene rings is 2. The van der Waals surface area contributed by atoms with Crippen molar-refractivity contribution in [3.8, 4) is 0 Å². The Hall–Kier alpha value is -5.64. The van der Waals surface area contributed by atoms with E-state index in [1.165, 1.54) is 49.4 Å². The fourth-order valence-electron chi connectivity index (χ4n) is 6.95. The van der Waals surface area contributed by atoms with Crippen LogP contribution in [-0.2, 0) is 16.0 Å². The van der Waals surface area contributed by atoms with E-state index >= 15 is 0 Å². The summed E-state index contributed by atoms with van der Waals surface area (Å²) >= 11 is 0. The molecule has 10 nitrogen and oxygen atoms in total. The molecular formula is C47H56N6O4. The predicted molar refractivity (Wildman–Crippen MR) is 229 cm³/mol. The summed E-state index contributed by atoms with van der Waals surface area (Å²) in [6.07, 6.45) is 19.0. The molecule has 0 amide bonds. The zero-order valence-electron chi connectivity index (χ0n) is 32.5. The number of nitrogens with one attached hydrogen (secondary N) is 3. The molecule has 0 aliphatic heterocycles. The summed E-state index contributed by atoms with van der Waals surface area (Å²) in [6, 6.07) is 20.4. The van der Waals surface area contributed by atoms with Crippen LogP contribution in [-0.4, -0.2) is 44.7 Å². The van der Waals surface area contributed by atoms with Crippen LogP contribution >= 0.6 is 0 Å². The van der Waals surface area contributed by atoms with Gasteiger partial charge in [-0.25, -0.2) is 19.6 Å². The normalized spacial score (nSPS) is 14.7. The molecule has 0 bridgehead atoms. The zero-order chi connectivity index (χ0) is 38.4. The third-order valence-corrected chi connectivity index (χ3v) is 10.8. The van der Waals surface area contributed by atoms with E-state index in [2.05, 4.69) is 74.5 Å². The fraction of sp³-hybridized carbons (Fsp3) is 0.404. The van der Waals surface area contributed by atoms with Gasteiger partial charge in [-0.2, -0.15) is 0 Å². The zero-order valence-corrected chi connectivity index (χ0v) is 32.5. The van der Waals surface area contributed by atoms with E-state index in [4.69, 9.17) is 9.47 Å². The third kappa shape index (κ3) is 10.0. The maximum absolute atomic E-state index is 12.7. The Morgan fingerprint density at radius 3 is 1.82 bits per heavy atom. The van der Waals surface area contributed by atoms with Gasteiger partial charge >= 0.3 is 11.9 Å². The molecule has 2 aromatic carbocycles. The second kappa shape index (κ2) is 18.1. The molecular weight excluding hydrogens is 713 g/mol. The van der Waals surface area contributed by atoms with Crippen LogP contribution in [0, 0.1) is 5.92 Å². The lowest BCUT2D eigenvalue weighted by Gasteiger charge is -2.13. The number of esters is 2. The van der Waals surface area contributed by atoms with E-state index in [1.54, 1.807) is 0 Å². The molecule has 3 aliphatic rings. The molecule has 0 spiro atoms. The highest BCUT2D eigenvalue weighted by Crippen LogP contribution is 2.42. The molecule has 9 rings (SSSR count). The van der Waals surface area contributed by atoms with Gasteiger partial charge in [0.2, 0.25) is 0 Å². The number of pyridine rings is 2. The minimum Gasteiger partial charge on any atom is -0.462 e. The van der Waals surface area contributed by atoms with E-state index in [9.17, 15) is 9.59 Å². The number of hydrogen-bond donors (Lipinski definition) is 3. The topological polar surface area (TPSA) is 123 Å². The second-order valence-electron chi connectivity index (χ2n) is 15.6. The summed E-state index contributed by atoms with van der Waals surface area (Å²) < 4.78 is 13.3. The smallest absolute Gasteiger partial charge is 0.341 e. The number of H-pyrrole nitrogens is 1. The standard InChI is InChI=1S/C25H29N3O2.C21H23N3O2.CH4/c1-2-3-12-30-25(29)22-14-20(18-6-7-18)15-26-24(22)27-21-8-9-23-19(13-21)10-11-28(23)16-17-4-5-17;1-2-3-10-26-21(25)18-12-16(14-4-5-14)13-23-20(18)24-17-6-7-19-15(11-17)8-9-22-19;/h8-11,13-15,17-18H,2-7,12,16H2,1H3,(H,26,27);6-9,11-14,22H,2-5,10H2,1H3,(H,23,24);1H4. The first kappa shape index (κ1) is 39.6. The molecule has 3 N–H and O–H groups in total. The molecule has 0 radical (unpaired) electrons. The lowest BCUT2D eigenvalue weighted by atomic mass is 10.1. The molecule has 3 saturated carbocycles. The minimum absolute atomic E-state index is 0. The lowest BCUT2D eigenvalue weighted by Crippen LogP contribution is -2.11. The molecule has 10 heteroatoms. The van der Waals surface area contributed by atoms with E-state index in [1.807, 2.05) is 55.0 Å². The highest BCUT2D eigenvalue weighted by molar-refractivity contribution is 5.97. The average molecular weight is 769 g/mol. The Labute approximate surface area is 335 Å². The number of aromatic nitrogens is 4. The van der Waals surface area contributed by atoms with Gasteiger partial charge in [0.15, 0.2) is 0 Å². The number of ether oxygens (including phenoxy) is 2. The van der Waals surface area contributed by atoms with Crippen LogP contribution in [0.2, 0.25) is 0 Å². The van der Waals surface area contributed by atoms with Crippen molar-refractivity contribution < 1.29 is 19.1 Å². The molecule has 0 atom stereocenters. The summed E-state index contributed by atoms with van der Waals surface area (Å²) in [5.74, 6) is 2.43. The van der Waals surface area contributed by atoms with E-state index in [0.717, 1.165) is 71.6 Å². The minimum atomic E-state index is -0.307. The van der Waals surface area contributed by atoms with Crippen molar-refractivity contribution in [3.63, 3.8) is 0 Å². The van der Waals surface area contributed by atoms with Gasteiger partial charge < -0.3 is 29.7 Å². The van der Waals surface area contributed by atoms with Gasteiger partial charge in [-0.1, -0.05) is 34.1 Å². The maximum Gasteiger partial charge on any atom is 0.341 e. The van der Waals surface area contributed by atoms with Crippen LogP contribution in [0.5, 0.6) is 0 Å². The Kier molecular flexibility index (Phi) is 12.6. The van der Waals surface area contributed by atoms with Crippen molar-refractivity contribution in [2.24, 2.45) is 5.92 Å². The van der Waals surface area contributed by atoms with Crippen LogP contribution in [0.3, 0.4) is 0 Å². The van der Waals surface area contributed by atoms with Crippen molar-refractivity contribution >= 4 is 56.8 Å². The van der Waals surface area contributed by atoms with Crippen molar-refractivity contribution in [1.82, 2.24) is 19.5 Å². The number of anilines is 4. The first-order valence-corrected chi connectivity index (χ1v) is 20.5. The van der Waals surface area contributed by atoms with E-state index < -0.39 is 0 Å². The maximum atomic E-state index is 12.7. The number of nitrogens with zero attached hydrogens (tertiary/aromatic N) is 3. The summed E-state index contributed by atoms with van der Waals surface area (Å²) in [6.45, 7) is 6.16. The van der Waals surface area contributed by atoms with Crippen LogP contribution in [0.4, 0.5) is 23.0 Å². The molecule has 4 aromatic heterocycles. The molecule has 3 aliphatic carbocycles. The molecule has 57 heavy (non-hydrogen) atoms.